The Morgan fingerprint density at radius 2 is 1.81 bits per heavy atom. The van der Waals surface area contributed by atoms with E-state index >= 15 is 0 Å². The topological polar surface area (TPSA) is 75.3 Å². The molecule has 0 unspecified atom stereocenters. The molecule has 27 heavy (non-hydrogen) atoms. The maximum Gasteiger partial charge on any atom is 0.263 e. The SMILES string of the molecule is Cc1ccc(C)c(NS(=O)(=O)c2cc(C(=O)NCCC(C)C)ccc2Cl)c1. The summed E-state index contributed by atoms with van der Waals surface area (Å²) in [5.41, 5.74) is 2.47. The number of rotatable bonds is 7. The van der Waals surface area contributed by atoms with E-state index in [1.54, 1.807) is 6.07 Å². The zero-order valence-electron chi connectivity index (χ0n) is 16.0. The van der Waals surface area contributed by atoms with Crippen molar-refractivity contribution in [3.8, 4) is 0 Å². The van der Waals surface area contributed by atoms with Crippen molar-refractivity contribution in [2.45, 2.75) is 39.0 Å². The highest BCUT2D eigenvalue weighted by Crippen LogP contribution is 2.26. The number of hydrogen-bond donors (Lipinski definition) is 2. The molecule has 2 N–H and O–H groups in total. The fraction of sp³-hybridized carbons (Fsp3) is 0.350. The van der Waals surface area contributed by atoms with Crippen LogP contribution in [0.5, 0.6) is 0 Å². The Labute approximate surface area is 166 Å². The molecule has 1 amide bonds. The smallest absolute Gasteiger partial charge is 0.263 e. The number of amides is 1. The third-order valence-electron chi connectivity index (χ3n) is 4.13. The van der Waals surface area contributed by atoms with Gasteiger partial charge in [0.25, 0.3) is 15.9 Å². The van der Waals surface area contributed by atoms with Crippen LogP contribution in [0.2, 0.25) is 5.02 Å². The number of nitrogens with one attached hydrogen (secondary N) is 2. The largest absolute Gasteiger partial charge is 0.352 e. The molecule has 0 atom stereocenters. The van der Waals surface area contributed by atoms with E-state index < -0.39 is 10.0 Å². The van der Waals surface area contributed by atoms with Crippen molar-refractivity contribution in [2.75, 3.05) is 11.3 Å². The summed E-state index contributed by atoms with van der Waals surface area (Å²) < 4.78 is 28.2. The Hall–Kier alpha value is -2.05. The number of benzene rings is 2. The molecule has 0 fully saturated rings. The number of carbonyl (C=O) groups is 1. The molecule has 0 spiro atoms. The van der Waals surface area contributed by atoms with Gasteiger partial charge in [-0.1, -0.05) is 37.6 Å². The molecule has 2 aromatic rings. The first-order chi connectivity index (χ1) is 12.6. The van der Waals surface area contributed by atoms with E-state index in [4.69, 9.17) is 11.6 Å². The molecule has 0 aliphatic rings. The van der Waals surface area contributed by atoms with Crippen molar-refractivity contribution in [1.82, 2.24) is 5.32 Å². The monoisotopic (exact) mass is 408 g/mol. The Bertz CT molecular complexity index is 940. The van der Waals surface area contributed by atoms with Crippen LogP contribution in [0.15, 0.2) is 41.3 Å². The van der Waals surface area contributed by atoms with E-state index in [1.807, 2.05) is 26.0 Å². The summed E-state index contributed by atoms with van der Waals surface area (Å²) in [6.45, 7) is 8.36. The number of aryl methyl sites for hydroxylation is 2. The van der Waals surface area contributed by atoms with Crippen molar-refractivity contribution in [2.24, 2.45) is 5.92 Å². The normalized spacial score (nSPS) is 11.5. The Kier molecular flexibility index (Phi) is 6.89. The van der Waals surface area contributed by atoms with Gasteiger partial charge in [0, 0.05) is 12.1 Å². The first-order valence-corrected chi connectivity index (χ1v) is 10.6. The molecule has 0 aromatic heterocycles. The second-order valence-electron chi connectivity index (χ2n) is 7.01. The van der Waals surface area contributed by atoms with Crippen molar-refractivity contribution >= 4 is 33.2 Å². The molecule has 2 aromatic carbocycles. The number of anilines is 1. The van der Waals surface area contributed by atoms with Gasteiger partial charge in [0.05, 0.1) is 10.7 Å². The van der Waals surface area contributed by atoms with Crippen LogP contribution in [-0.2, 0) is 10.0 Å². The first kappa shape index (κ1) is 21.3. The summed E-state index contributed by atoms with van der Waals surface area (Å²) in [6.07, 6.45) is 0.846. The van der Waals surface area contributed by atoms with Gasteiger partial charge in [-0.15, -0.1) is 0 Å². The second kappa shape index (κ2) is 8.76. The molecule has 7 heteroatoms. The molecule has 146 valence electrons. The molecular weight excluding hydrogens is 384 g/mol. The van der Waals surface area contributed by atoms with Crippen LogP contribution in [0.3, 0.4) is 0 Å². The lowest BCUT2D eigenvalue weighted by Gasteiger charge is -2.13. The summed E-state index contributed by atoms with van der Waals surface area (Å²) in [5.74, 6) is 0.142. The van der Waals surface area contributed by atoms with Gasteiger partial charge >= 0.3 is 0 Å². The summed E-state index contributed by atoms with van der Waals surface area (Å²) in [6, 6.07) is 9.75. The highest BCUT2D eigenvalue weighted by molar-refractivity contribution is 7.92. The molecule has 0 bridgehead atoms. The van der Waals surface area contributed by atoms with Gasteiger partial charge in [-0.05, 0) is 61.6 Å². The molecular formula is C20H25ClN2O3S. The van der Waals surface area contributed by atoms with Crippen molar-refractivity contribution in [3.63, 3.8) is 0 Å². The standard InChI is InChI=1S/C20H25ClN2O3S/c1-13(2)9-10-22-20(24)16-7-8-17(21)19(12-16)27(25,26)23-18-11-14(3)5-6-15(18)4/h5-8,11-13,23H,9-10H2,1-4H3,(H,22,24). The minimum absolute atomic E-state index is 0.0616. The molecule has 0 saturated heterocycles. The minimum atomic E-state index is -3.94. The zero-order valence-corrected chi connectivity index (χ0v) is 17.5. The number of halogens is 1. The molecule has 0 aliphatic heterocycles. The van der Waals surface area contributed by atoms with Crippen LogP contribution < -0.4 is 10.0 Å². The second-order valence-corrected chi connectivity index (χ2v) is 9.07. The molecule has 0 heterocycles. The molecule has 0 saturated carbocycles. The molecule has 0 aliphatic carbocycles. The van der Waals surface area contributed by atoms with Crippen molar-refractivity contribution in [1.29, 1.82) is 0 Å². The van der Waals surface area contributed by atoms with Gasteiger partial charge in [-0.2, -0.15) is 0 Å². The Morgan fingerprint density at radius 1 is 1.11 bits per heavy atom. The zero-order chi connectivity index (χ0) is 20.2. The van der Waals surface area contributed by atoms with Crippen LogP contribution in [0, 0.1) is 19.8 Å². The minimum Gasteiger partial charge on any atom is -0.352 e. The number of carbonyl (C=O) groups excluding carboxylic acids is 1. The van der Waals surface area contributed by atoms with E-state index in [9.17, 15) is 13.2 Å². The van der Waals surface area contributed by atoms with Crippen LogP contribution in [-0.4, -0.2) is 20.9 Å². The number of hydrogen-bond acceptors (Lipinski definition) is 3. The molecule has 0 radical (unpaired) electrons. The van der Waals surface area contributed by atoms with E-state index in [2.05, 4.69) is 23.9 Å². The summed E-state index contributed by atoms with van der Waals surface area (Å²) >= 11 is 6.12. The van der Waals surface area contributed by atoms with Crippen LogP contribution in [0.25, 0.3) is 0 Å². The predicted molar refractivity (Wildman–Crippen MR) is 110 cm³/mol. The Morgan fingerprint density at radius 3 is 2.48 bits per heavy atom. The van der Waals surface area contributed by atoms with Crippen molar-refractivity contribution < 1.29 is 13.2 Å². The van der Waals surface area contributed by atoms with E-state index in [-0.39, 0.29) is 21.4 Å². The maximum atomic E-state index is 12.8. The van der Waals surface area contributed by atoms with Gasteiger partial charge in [0.2, 0.25) is 0 Å². The quantitative estimate of drug-likeness (QED) is 0.706. The molecule has 2 rings (SSSR count). The third kappa shape index (κ3) is 5.71. The van der Waals surface area contributed by atoms with Gasteiger partial charge in [-0.25, -0.2) is 8.42 Å². The number of sulfonamides is 1. The first-order valence-electron chi connectivity index (χ1n) is 8.78. The van der Waals surface area contributed by atoms with E-state index in [1.165, 1.54) is 18.2 Å². The summed E-state index contributed by atoms with van der Waals surface area (Å²) in [4.78, 5) is 12.2. The van der Waals surface area contributed by atoms with E-state index in [0.717, 1.165) is 17.5 Å². The van der Waals surface area contributed by atoms with Crippen LogP contribution in [0.1, 0.15) is 41.8 Å². The lowest BCUT2D eigenvalue weighted by molar-refractivity contribution is 0.0952. The van der Waals surface area contributed by atoms with Gasteiger partial charge in [0.1, 0.15) is 4.90 Å². The fourth-order valence-electron chi connectivity index (χ4n) is 2.47. The fourth-order valence-corrected chi connectivity index (χ4v) is 4.12. The van der Waals surface area contributed by atoms with Gasteiger partial charge in [0.15, 0.2) is 0 Å². The van der Waals surface area contributed by atoms with Crippen LogP contribution in [0.4, 0.5) is 5.69 Å². The van der Waals surface area contributed by atoms with Crippen LogP contribution >= 0.6 is 11.6 Å². The predicted octanol–water partition coefficient (Wildman–Crippen LogP) is 4.53. The lowest BCUT2D eigenvalue weighted by atomic mass is 10.1. The van der Waals surface area contributed by atoms with E-state index in [0.29, 0.717) is 18.2 Å². The van der Waals surface area contributed by atoms with Crippen molar-refractivity contribution in [3.05, 3.63) is 58.1 Å². The molecule has 5 nitrogen and oxygen atoms in total. The highest BCUT2D eigenvalue weighted by Gasteiger charge is 2.21. The lowest BCUT2D eigenvalue weighted by Crippen LogP contribution is -2.25. The summed E-state index contributed by atoms with van der Waals surface area (Å²) in [5, 5.41) is 2.86. The Balaban J connectivity index is 2.28. The average molecular weight is 409 g/mol. The summed E-state index contributed by atoms with van der Waals surface area (Å²) in [7, 11) is -3.94. The third-order valence-corrected chi connectivity index (χ3v) is 5.97. The average Bonchev–Trinajstić information content (AvgIpc) is 2.57. The highest BCUT2D eigenvalue weighted by atomic mass is 35.5. The maximum absolute atomic E-state index is 12.8. The van der Waals surface area contributed by atoms with Gasteiger partial charge < -0.3 is 5.32 Å². The van der Waals surface area contributed by atoms with Gasteiger partial charge in [-0.3, -0.25) is 9.52 Å².